The van der Waals surface area contributed by atoms with Crippen LogP contribution in [0.1, 0.15) is 42.6 Å². The lowest BCUT2D eigenvalue weighted by Gasteiger charge is -2.32. The molecule has 1 unspecified atom stereocenters. The van der Waals surface area contributed by atoms with Crippen molar-refractivity contribution in [1.29, 1.82) is 0 Å². The van der Waals surface area contributed by atoms with Crippen molar-refractivity contribution in [3.63, 3.8) is 0 Å². The van der Waals surface area contributed by atoms with Crippen molar-refractivity contribution in [2.24, 2.45) is 5.92 Å². The molecule has 1 N–H and O–H groups in total. The van der Waals surface area contributed by atoms with E-state index in [0.717, 1.165) is 35.9 Å². The number of aliphatic hydroxyl groups excluding tert-OH is 1. The lowest BCUT2D eigenvalue weighted by molar-refractivity contribution is 0.0898. The van der Waals surface area contributed by atoms with E-state index in [-0.39, 0.29) is 0 Å². The van der Waals surface area contributed by atoms with Crippen LogP contribution in [0, 0.1) is 19.8 Å². The van der Waals surface area contributed by atoms with E-state index in [1.54, 1.807) is 7.11 Å². The largest absolute Gasteiger partial charge is 0.496 e. The first-order valence-electron chi connectivity index (χ1n) is 7.56. The number of hydrogen-bond acceptors (Lipinski definition) is 3. The molecule has 0 aromatic heterocycles. The lowest BCUT2D eigenvalue weighted by Crippen LogP contribution is -2.36. The molecule has 0 amide bonds. The molecule has 1 aromatic rings. The number of aryl methyl sites for hydroxylation is 2. The number of hydrogen-bond donors (Lipinski definition) is 1. The highest BCUT2D eigenvalue weighted by atomic mass is 16.5. The smallest absolute Gasteiger partial charge is 0.127 e. The van der Waals surface area contributed by atoms with Gasteiger partial charge in [-0.05, 0) is 57.3 Å². The highest BCUT2D eigenvalue weighted by molar-refractivity contribution is 5.45. The number of benzene rings is 1. The van der Waals surface area contributed by atoms with Gasteiger partial charge in [0.15, 0.2) is 0 Å². The third-order valence-electron chi connectivity index (χ3n) is 4.32. The van der Waals surface area contributed by atoms with Crippen molar-refractivity contribution in [2.75, 3.05) is 26.7 Å². The van der Waals surface area contributed by atoms with E-state index in [1.165, 1.54) is 18.4 Å². The van der Waals surface area contributed by atoms with Crippen molar-refractivity contribution in [2.45, 2.75) is 39.7 Å². The third-order valence-corrected chi connectivity index (χ3v) is 4.32. The van der Waals surface area contributed by atoms with Gasteiger partial charge in [0.1, 0.15) is 5.75 Å². The van der Waals surface area contributed by atoms with E-state index in [2.05, 4.69) is 24.8 Å². The van der Waals surface area contributed by atoms with Crippen LogP contribution in [0.25, 0.3) is 0 Å². The molecule has 1 fully saturated rings. The van der Waals surface area contributed by atoms with Gasteiger partial charge in [0.05, 0.1) is 13.2 Å². The maximum Gasteiger partial charge on any atom is 0.127 e. The molecule has 1 aromatic carbocycles. The maximum absolute atomic E-state index is 10.6. The molecular weight excluding hydrogens is 250 g/mol. The minimum Gasteiger partial charge on any atom is -0.496 e. The van der Waals surface area contributed by atoms with Crippen LogP contribution >= 0.6 is 0 Å². The summed E-state index contributed by atoms with van der Waals surface area (Å²) in [6.45, 7) is 9.28. The van der Waals surface area contributed by atoms with Crippen molar-refractivity contribution in [1.82, 2.24) is 4.90 Å². The SMILES string of the molecule is COc1c(C)cc(C)cc1C(O)CN1CCC(C)CC1. The normalized spacial score (nSPS) is 19.1. The van der Waals surface area contributed by atoms with Crippen LogP contribution in [0.2, 0.25) is 0 Å². The van der Waals surface area contributed by atoms with Crippen LogP contribution in [-0.4, -0.2) is 36.8 Å². The Hall–Kier alpha value is -1.06. The van der Waals surface area contributed by atoms with Gasteiger partial charge in [0.25, 0.3) is 0 Å². The van der Waals surface area contributed by atoms with E-state index in [4.69, 9.17) is 4.74 Å². The minimum atomic E-state index is -0.475. The lowest BCUT2D eigenvalue weighted by atomic mass is 9.97. The predicted octanol–water partition coefficient (Wildman–Crippen LogP) is 3.08. The maximum atomic E-state index is 10.6. The quantitative estimate of drug-likeness (QED) is 0.918. The molecule has 0 radical (unpaired) electrons. The summed E-state index contributed by atoms with van der Waals surface area (Å²) in [6, 6.07) is 4.14. The number of likely N-dealkylation sites (tertiary alicyclic amines) is 1. The summed E-state index contributed by atoms with van der Waals surface area (Å²) in [5.41, 5.74) is 3.18. The summed E-state index contributed by atoms with van der Waals surface area (Å²) in [5.74, 6) is 1.65. The molecule has 0 bridgehead atoms. The van der Waals surface area contributed by atoms with E-state index in [9.17, 15) is 5.11 Å². The Balaban J connectivity index is 2.10. The number of β-amino-alcohol motifs (C(OH)–C–C–N with tert-alkyl or cyclic N) is 1. The Morgan fingerprint density at radius 2 is 1.95 bits per heavy atom. The molecule has 20 heavy (non-hydrogen) atoms. The fourth-order valence-corrected chi connectivity index (χ4v) is 3.10. The molecule has 2 rings (SSSR count). The number of methoxy groups -OCH3 is 1. The summed E-state index contributed by atoms with van der Waals surface area (Å²) in [4.78, 5) is 2.36. The number of nitrogens with zero attached hydrogens (tertiary/aromatic N) is 1. The van der Waals surface area contributed by atoms with Crippen LogP contribution in [-0.2, 0) is 0 Å². The second-order valence-corrected chi connectivity index (χ2v) is 6.20. The van der Waals surface area contributed by atoms with Crippen LogP contribution in [0.4, 0.5) is 0 Å². The molecule has 1 saturated heterocycles. The number of piperidine rings is 1. The van der Waals surface area contributed by atoms with Crippen molar-refractivity contribution in [3.05, 3.63) is 28.8 Å². The molecule has 0 spiro atoms. The van der Waals surface area contributed by atoms with Gasteiger partial charge in [-0.25, -0.2) is 0 Å². The predicted molar refractivity (Wildman–Crippen MR) is 82.3 cm³/mol. The van der Waals surface area contributed by atoms with Gasteiger partial charge in [0.2, 0.25) is 0 Å². The van der Waals surface area contributed by atoms with E-state index in [0.29, 0.717) is 6.54 Å². The van der Waals surface area contributed by atoms with Gasteiger partial charge < -0.3 is 14.7 Å². The number of rotatable bonds is 4. The van der Waals surface area contributed by atoms with E-state index >= 15 is 0 Å². The molecule has 1 heterocycles. The molecule has 3 nitrogen and oxygen atoms in total. The highest BCUT2D eigenvalue weighted by Crippen LogP contribution is 2.31. The molecule has 3 heteroatoms. The van der Waals surface area contributed by atoms with Crippen LogP contribution in [0.15, 0.2) is 12.1 Å². The van der Waals surface area contributed by atoms with Crippen molar-refractivity contribution < 1.29 is 9.84 Å². The molecule has 1 aliphatic rings. The van der Waals surface area contributed by atoms with E-state index in [1.807, 2.05) is 13.0 Å². The first-order valence-corrected chi connectivity index (χ1v) is 7.56. The monoisotopic (exact) mass is 277 g/mol. The van der Waals surface area contributed by atoms with Gasteiger partial charge in [-0.15, -0.1) is 0 Å². The second kappa shape index (κ2) is 6.59. The van der Waals surface area contributed by atoms with Crippen molar-refractivity contribution >= 4 is 0 Å². The standard InChI is InChI=1S/C17H27NO2/c1-12-5-7-18(8-6-12)11-16(19)15-10-13(2)9-14(3)17(15)20-4/h9-10,12,16,19H,5-8,11H2,1-4H3. The average molecular weight is 277 g/mol. The van der Waals surface area contributed by atoms with E-state index < -0.39 is 6.10 Å². The minimum absolute atomic E-state index is 0.475. The molecule has 0 saturated carbocycles. The first kappa shape index (κ1) is 15.3. The Labute approximate surface area is 122 Å². The van der Waals surface area contributed by atoms with Gasteiger partial charge in [-0.1, -0.05) is 18.6 Å². The van der Waals surface area contributed by atoms with Gasteiger partial charge in [-0.3, -0.25) is 0 Å². The van der Waals surface area contributed by atoms with Crippen LogP contribution in [0.3, 0.4) is 0 Å². The number of ether oxygens (including phenoxy) is 1. The second-order valence-electron chi connectivity index (χ2n) is 6.20. The van der Waals surface area contributed by atoms with Crippen LogP contribution < -0.4 is 4.74 Å². The topological polar surface area (TPSA) is 32.7 Å². The Bertz CT molecular complexity index is 451. The zero-order valence-electron chi connectivity index (χ0n) is 13.1. The summed E-state index contributed by atoms with van der Waals surface area (Å²) in [5, 5.41) is 10.6. The van der Waals surface area contributed by atoms with Gasteiger partial charge >= 0.3 is 0 Å². The summed E-state index contributed by atoms with van der Waals surface area (Å²) in [7, 11) is 1.68. The Morgan fingerprint density at radius 1 is 1.30 bits per heavy atom. The first-order chi connectivity index (χ1) is 9.51. The van der Waals surface area contributed by atoms with Crippen LogP contribution in [0.5, 0.6) is 5.75 Å². The fraction of sp³-hybridized carbons (Fsp3) is 0.647. The Morgan fingerprint density at radius 3 is 2.55 bits per heavy atom. The fourth-order valence-electron chi connectivity index (χ4n) is 3.10. The third kappa shape index (κ3) is 3.53. The summed E-state index contributed by atoms with van der Waals surface area (Å²) < 4.78 is 5.48. The van der Waals surface area contributed by atoms with Gasteiger partial charge in [0, 0.05) is 12.1 Å². The zero-order valence-corrected chi connectivity index (χ0v) is 13.1. The van der Waals surface area contributed by atoms with Gasteiger partial charge in [-0.2, -0.15) is 0 Å². The molecular formula is C17H27NO2. The molecule has 112 valence electrons. The average Bonchev–Trinajstić information content (AvgIpc) is 2.40. The number of aliphatic hydroxyl groups is 1. The summed E-state index contributed by atoms with van der Waals surface area (Å²) in [6.07, 6.45) is 1.99. The molecule has 1 atom stereocenters. The zero-order chi connectivity index (χ0) is 14.7. The summed E-state index contributed by atoms with van der Waals surface area (Å²) >= 11 is 0. The molecule has 0 aliphatic carbocycles. The molecule has 1 aliphatic heterocycles. The Kier molecular flexibility index (Phi) is 5.06. The van der Waals surface area contributed by atoms with Crippen molar-refractivity contribution in [3.8, 4) is 5.75 Å². The highest BCUT2D eigenvalue weighted by Gasteiger charge is 2.22.